The summed E-state index contributed by atoms with van der Waals surface area (Å²) in [6.07, 6.45) is -3.83. The van der Waals surface area contributed by atoms with Crippen molar-refractivity contribution in [1.29, 1.82) is 0 Å². The number of methoxy groups -OCH3 is 2. The van der Waals surface area contributed by atoms with Crippen LogP contribution in [0.3, 0.4) is 0 Å². The van der Waals surface area contributed by atoms with Crippen LogP contribution in [0.5, 0.6) is 17.2 Å². The molecule has 1 amide bonds. The van der Waals surface area contributed by atoms with Gasteiger partial charge in [0.05, 0.1) is 26.5 Å². The SMILES string of the molecule is COc1ccc([C@@H]2C[C@H](C(F)(F)F)n3ncc(C(=O)Nc4cccc(O)c4)c3N2)cc1OC. The topological polar surface area (TPSA) is 97.6 Å². The number of phenols is 1. The minimum atomic E-state index is -4.59. The van der Waals surface area contributed by atoms with Crippen LogP contribution in [-0.4, -0.2) is 41.2 Å². The van der Waals surface area contributed by atoms with Gasteiger partial charge in [-0.3, -0.25) is 4.79 Å². The van der Waals surface area contributed by atoms with E-state index in [0.717, 1.165) is 10.9 Å². The molecule has 1 aliphatic heterocycles. The maximum absolute atomic E-state index is 13.9. The van der Waals surface area contributed by atoms with E-state index in [4.69, 9.17) is 9.47 Å². The summed E-state index contributed by atoms with van der Waals surface area (Å²) in [5.41, 5.74) is 0.769. The van der Waals surface area contributed by atoms with E-state index in [1.165, 1.54) is 32.4 Å². The standard InChI is InChI=1S/C22H21F3N4O4/c1-32-17-7-6-12(8-18(17)33-2)16-10-19(22(23,24)25)29-20(28-16)15(11-26-29)21(31)27-13-4-3-5-14(30)9-13/h3-9,11,16,19,28,30H,10H2,1-2H3,(H,27,31)/t16-,19+/m0/s1. The van der Waals surface area contributed by atoms with Gasteiger partial charge in [0, 0.05) is 18.2 Å². The Morgan fingerprint density at radius 2 is 1.94 bits per heavy atom. The number of fused-ring (bicyclic) bond motifs is 1. The Kier molecular flexibility index (Phi) is 5.79. The second-order valence-electron chi connectivity index (χ2n) is 7.46. The van der Waals surface area contributed by atoms with Crippen molar-refractivity contribution in [2.75, 3.05) is 24.9 Å². The number of alkyl halides is 3. The zero-order valence-electron chi connectivity index (χ0n) is 17.7. The molecular weight excluding hydrogens is 441 g/mol. The highest BCUT2D eigenvalue weighted by Crippen LogP contribution is 2.45. The molecule has 0 aliphatic carbocycles. The molecule has 0 saturated carbocycles. The highest BCUT2D eigenvalue weighted by Gasteiger charge is 2.47. The van der Waals surface area contributed by atoms with Gasteiger partial charge in [-0.15, -0.1) is 0 Å². The third-order valence-corrected chi connectivity index (χ3v) is 5.40. The molecule has 2 heterocycles. The summed E-state index contributed by atoms with van der Waals surface area (Å²) in [6.45, 7) is 0. The van der Waals surface area contributed by atoms with Crippen LogP contribution in [0.25, 0.3) is 0 Å². The minimum absolute atomic E-state index is 0.0546. The summed E-state index contributed by atoms with van der Waals surface area (Å²) < 4.78 is 53.0. The molecular formula is C22H21F3N4O4. The zero-order valence-corrected chi connectivity index (χ0v) is 17.7. The quantitative estimate of drug-likeness (QED) is 0.516. The molecule has 3 aromatic rings. The number of aromatic hydroxyl groups is 1. The zero-order chi connectivity index (χ0) is 23.8. The monoisotopic (exact) mass is 462 g/mol. The normalized spacial score (nSPS) is 17.6. The predicted molar refractivity (Wildman–Crippen MR) is 114 cm³/mol. The van der Waals surface area contributed by atoms with Crippen molar-refractivity contribution in [2.24, 2.45) is 0 Å². The Morgan fingerprint density at radius 1 is 1.18 bits per heavy atom. The summed E-state index contributed by atoms with van der Waals surface area (Å²) in [4.78, 5) is 12.8. The van der Waals surface area contributed by atoms with Gasteiger partial charge < -0.3 is 25.2 Å². The largest absolute Gasteiger partial charge is 0.508 e. The van der Waals surface area contributed by atoms with Crippen LogP contribution < -0.4 is 20.1 Å². The Labute approximate surface area is 186 Å². The molecule has 1 aliphatic rings. The number of nitrogens with zero attached hydrogens (tertiary/aromatic N) is 2. The molecule has 3 N–H and O–H groups in total. The van der Waals surface area contributed by atoms with Crippen LogP contribution in [0.1, 0.15) is 34.4 Å². The van der Waals surface area contributed by atoms with E-state index in [9.17, 15) is 23.1 Å². The molecule has 0 saturated heterocycles. The maximum Gasteiger partial charge on any atom is 0.410 e. The summed E-state index contributed by atoms with van der Waals surface area (Å²) in [5.74, 6) is 0.0415. The number of carbonyl (C=O) groups is 1. The highest BCUT2D eigenvalue weighted by atomic mass is 19.4. The number of nitrogens with one attached hydrogen (secondary N) is 2. The van der Waals surface area contributed by atoms with Crippen molar-refractivity contribution in [3.8, 4) is 17.2 Å². The van der Waals surface area contributed by atoms with Gasteiger partial charge in [0.25, 0.3) is 5.91 Å². The molecule has 33 heavy (non-hydrogen) atoms. The van der Waals surface area contributed by atoms with E-state index >= 15 is 0 Å². The molecule has 0 fully saturated rings. The van der Waals surface area contributed by atoms with E-state index in [-0.39, 0.29) is 23.6 Å². The molecule has 174 valence electrons. The predicted octanol–water partition coefficient (Wildman–Crippen LogP) is 4.52. The second kappa shape index (κ2) is 8.57. The number of anilines is 2. The lowest BCUT2D eigenvalue weighted by Gasteiger charge is -2.34. The van der Waals surface area contributed by atoms with E-state index in [1.807, 2.05) is 0 Å². The number of hydrogen-bond donors (Lipinski definition) is 3. The number of halogens is 3. The smallest absolute Gasteiger partial charge is 0.410 e. The first-order valence-electron chi connectivity index (χ1n) is 9.94. The highest BCUT2D eigenvalue weighted by molar-refractivity contribution is 6.07. The van der Waals surface area contributed by atoms with Crippen LogP contribution in [0.2, 0.25) is 0 Å². The van der Waals surface area contributed by atoms with Gasteiger partial charge in [-0.05, 0) is 29.8 Å². The van der Waals surface area contributed by atoms with Gasteiger partial charge in [0.15, 0.2) is 17.5 Å². The fourth-order valence-electron chi connectivity index (χ4n) is 3.80. The first-order valence-corrected chi connectivity index (χ1v) is 9.94. The number of phenolic OH excluding ortho intramolecular Hbond substituents is 1. The number of hydrogen-bond acceptors (Lipinski definition) is 6. The van der Waals surface area contributed by atoms with Gasteiger partial charge in [0.1, 0.15) is 17.1 Å². The van der Waals surface area contributed by atoms with Crippen LogP contribution in [0, 0.1) is 0 Å². The lowest BCUT2D eigenvalue weighted by Crippen LogP contribution is -2.36. The number of carbonyl (C=O) groups excluding carboxylic acids is 1. The van der Waals surface area contributed by atoms with Crippen molar-refractivity contribution >= 4 is 17.4 Å². The van der Waals surface area contributed by atoms with E-state index < -0.39 is 24.2 Å². The number of benzene rings is 2. The molecule has 0 bridgehead atoms. The van der Waals surface area contributed by atoms with Crippen LogP contribution in [0.15, 0.2) is 48.7 Å². The number of amides is 1. The number of ether oxygens (including phenoxy) is 2. The van der Waals surface area contributed by atoms with Gasteiger partial charge in [-0.2, -0.15) is 18.3 Å². The third kappa shape index (κ3) is 4.38. The van der Waals surface area contributed by atoms with Crippen LogP contribution in [0.4, 0.5) is 24.7 Å². The second-order valence-corrected chi connectivity index (χ2v) is 7.46. The van der Waals surface area contributed by atoms with Gasteiger partial charge in [0.2, 0.25) is 0 Å². The Hall–Kier alpha value is -3.89. The van der Waals surface area contributed by atoms with Gasteiger partial charge in [-0.25, -0.2) is 4.68 Å². The Morgan fingerprint density at radius 3 is 2.61 bits per heavy atom. The van der Waals surface area contributed by atoms with Crippen molar-refractivity contribution in [3.05, 3.63) is 59.8 Å². The number of rotatable bonds is 5. The van der Waals surface area contributed by atoms with Crippen LogP contribution >= 0.6 is 0 Å². The maximum atomic E-state index is 13.9. The van der Waals surface area contributed by atoms with Gasteiger partial charge >= 0.3 is 6.18 Å². The Balaban J connectivity index is 1.70. The van der Waals surface area contributed by atoms with Crippen molar-refractivity contribution in [1.82, 2.24) is 9.78 Å². The van der Waals surface area contributed by atoms with E-state index in [2.05, 4.69) is 15.7 Å². The molecule has 0 radical (unpaired) electrons. The average molecular weight is 462 g/mol. The molecule has 2 atom stereocenters. The average Bonchev–Trinajstić information content (AvgIpc) is 3.21. The molecule has 4 rings (SSSR count). The summed E-state index contributed by atoms with van der Waals surface area (Å²) in [6, 6.07) is 7.98. The number of aromatic nitrogens is 2. The van der Waals surface area contributed by atoms with Crippen molar-refractivity contribution in [2.45, 2.75) is 24.7 Å². The molecule has 0 unspecified atom stereocenters. The molecule has 1 aromatic heterocycles. The fourth-order valence-corrected chi connectivity index (χ4v) is 3.80. The van der Waals surface area contributed by atoms with Gasteiger partial charge in [-0.1, -0.05) is 12.1 Å². The summed E-state index contributed by atoms with van der Waals surface area (Å²) in [7, 11) is 2.90. The van der Waals surface area contributed by atoms with Crippen molar-refractivity contribution < 1.29 is 32.5 Å². The lowest BCUT2D eigenvalue weighted by atomic mass is 9.96. The Bertz CT molecular complexity index is 1180. The molecule has 8 nitrogen and oxygen atoms in total. The van der Waals surface area contributed by atoms with Crippen LogP contribution in [-0.2, 0) is 0 Å². The van der Waals surface area contributed by atoms with E-state index in [1.54, 1.807) is 24.3 Å². The lowest BCUT2D eigenvalue weighted by molar-refractivity contribution is -0.173. The molecule has 0 spiro atoms. The first-order chi connectivity index (χ1) is 15.7. The molecule has 11 heteroatoms. The third-order valence-electron chi connectivity index (χ3n) is 5.40. The summed E-state index contributed by atoms with van der Waals surface area (Å²) >= 11 is 0. The fraction of sp³-hybridized carbons (Fsp3) is 0.273. The first kappa shape index (κ1) is 22.3. The van der Waals surface area contributed by atoms with Crippen molar-refractivity contribution in [3.63, 3.8) is 0 Å². The van der Waals surface area contributed by atoms with E-state index in [0.29, 0.717) is 22.7 Å². The molecule has 2 aromatic carbocycles. The summed E-state index contributed by atoms with van der Waals surface area (Å²) in [5, 5.41) is 19.0. The minimum Gasteiger partial charge on any atom is -0.508 e.